The van der Waals surface area contributed by atoms with Gasteiger partial charge in [-0.3, -0.25) is 4.79 Å². The molecule has 2 atom stereocenters. The molecule has 0 aliphatic heterocycles. The molecule has 1 rings (SSSR count). The van der Waals surface area contributed by atoms with Crippen molar-refractivity contribution < 1.29 is 4.79 Å². The van der Waals surface area contributed by atoms with E-state index in [1.54, 1.807) is 0 Å². The van der Waals surface area contributed by atoms with Gasteiger partial charge in [-0.25, -0.2) is 0 Å². The van der Waals surface area contributed by atoms with Gasteiger partial charge < -0.3 is 0 Å². The highest BCUT2D eigenvalue weighted by atomic mass is 28.3. The number of hydrogen-bond acceptors (Lipinski definition) is 1. The van der Waals surface area contributed by atoms with Gasteiger partial charge in [0, 0.05) is 20.9 Å². The van der Waals surface area contributed by atoms with Crippen LogP contribution in [0.2, 0.25) is 25.2 Å². The quantitative estimate of drug-likeness (QED) is 0.572. The molecule has 0 bridgehead atoms. The van der Waals surface area contributed by atoms with Gasteiger partial charge in [0.05, 0.1) is 0 Å². The van der Waals surface area contributed by atoms with Gasteiger partial charge in [0.25, 0.3) is 0 Å². The van der Waals surface area contributed by atoms with E-state index in [9.17, 15) is 4.79 Å². The van der Waals surface area contributed by atoms with Crippen LogP contribution in [-0.2, 0) is 4.79 Å². The normalized spacial score (nSPS) is 32.2. The summed E-state index contributed by atoms with van der Waals surface area (Å²) in [5.74, 6) is 1.14. The van der Waals surface area contributed by atoms with Crippen molar-refractivity contribution in [2.45, 2.75) is 51.4 Å². The summed E-state index contributed by atoms with van der Waals surface area (Å²) in [4.78, 5) is 11.4. The highest BCUT2D eigenvalue weighted by molar-refractivity contribution is 6.77. The SMILES string of the molecule is C[C@H]1CC(=O)C[C@H]([Si](C)(C)C)C1. The Hall–Kier alpha value is -0.113. The molecule has 1 fully saturated rings. The highest BCUT2D eigenvalue weighted by Gasteiger charge is 2.33. The van der Waals surface area contributed by atoms with Crippen LogP contribution in [-0.4, -0.2) is 13.9 Å². The lowest BCUT2D eigenvalue weighted by Crippen LogP contribution is -2.34. The van der Waals surface area contributed by atoms with E-state index in [1.807, 2.05) is 0 Å². The van der Waals surface area contributed by atoms with Gasteiger partial charge in [-0.1, -0.05) is 26.6 Å². The van der Waals surface area contributed by atoms with E-state index in [-0.39, 0.29) is 0 Å². The van der Waals surface area contributed by atoms with Gasteiger partial charge in [0.2, 0.25) is 0 Å². The van der Waals surface area contributed by atoms with Crippen LogP contribution in [0.15, 0.2) is 0 Å². The minimum atomic E-state index is -1.06. The van der Waals surface area contributed by atoms with Crippen molar-refractivity contribution in [3.8, 4) is 0 Å². The highest BCUT2D eigenvalue weighted by Crippen LogP contribution is 2.37. The van der Waals surface area contributed by atoms with Crippen molar-refractivity contribution in [1.29, 1.82) is 0 Å². The predicted octanol–water partition coefficient (Wildman–Crippen LogP) is 3.08. The standard InChI is InChI=1S/C10H20OSi/c1-8-5-9(11)7-10(6-8)12(2,3)4/h8,10H,5-7H2,1-4H3/t8-,10+/m0/s1. The van der Waals surface area contributed by atoms with Crippen LogP contribution in [0.4, 0.5) is 0 Å². The van der Waals surface area contributed by atoms with E-state index in [1.165, 1.54) is 6.42 Å². The van der Waals surface area contributed by atoms with E-state index >= 15 is 0 Å². The van der Waals surface area contributed by atoms with Crippen LogP contribution in [0.1, 0.15) is 26.2 Å². The Morgan fingerprint density at radius 2 is 1.83 bits per heavy atom. The lowest BCUT2D eigenvalue weighted by molar-refractivity contribution is -0.121. The molecule has 0 heterocycles. The van der Waals surface area contributed by atoms with Crippen LogP contribution in [0.5, 0.6) is 0 Å². The summed E-state index contributed by atoms with van der Waals surface area (Å²) in [5, 5.41) is 0. The maximum absolute atomic E-state index is 11.4. The summed E-state index contributed by atoms with van der Waals surface area (Å²) >= 11 is 0. The Kier molecular flexibility index (Phi) is 2.76. The number of Topliss-reactive ketones (excluding diaryl/α,β-unsaturated/α-hetero) is 1. The van der Waals surface area contributed by atoms with Gasteiger partial charge in [-0.05, 0) is 17.9 Å². The third-order valence-corrected chi connectivity index (χ3v) is 5.85. The van der Waals surface area contributed by atoms with E-state index in [0.29, 0.717) is 11.7 Å². The molecular formula is C10H20OSi. The van der Waals surface area contributed by atoms with E-state index in [4.69, 9.17) is 0 Å². The Morgan fingerprint density at radius 1 is 1.25 bits per heavy atom. The topological polar surface area (TPSA) is 17.1 Å². The molecule has 1 saturated carbocycles. The molecule has 0 radical (unpaired) electrons. The predicted molar refractivity (Wildman–Crippen MR) is 55.1 cm³/mol. The Morgan fingerprint density at radius 3 is 2.25 bits per heavy atom. The van der Waals surface area contributed by atoms with Crippen LogP contribution < -0.4 is 0 Å². The van der Waals surface area contributed by atoms with Gasteiger partial charge in [-0.2, -0.15) is 0 Å². The molecule has 0 aromatic carbocycles. The van der Waals surface area contributed by atoms with Crippen molar-refractivity contribution in [1.82, 2.24) is 0 Å². The number of hydrogen-bond donors (Lipinski definition) is 0. The summed E-state index contributed by atoms with van der Waals surface area (Å²) in [6.45, 7) is 9.35. The third kappa shape index (κ3) is 2.44. The average Bonchev–Trinajstić information content (AvgIpc) is 1.82. The lowest BCUT2D eigenvalue weighted by atomic mass is 9.89. The Bertz CT molecular complexity index is 181. The van der Waals surface area contributed by atoms with Crippen molar-refractivity contribution >= 4 is 13.9 Å². The molecule has 1 aliphatic rings. The minimum Gasteiger partial charge on any atom is -0.300 e. The van der Waals surface area contributed by atoms with Gasteiger partial charge in [-0.15, -0.1) is 0 Å². The van der Waals surface area contributed by atoms with Crippen LogP contribution in [0, 0.1) is 5.92 Å². The van der Waals surface area contributed by atoms with Gasteiger partial charge in [0.1, 0.15) is 5.78 Å². The number of carbonyl (C=O) groups excluding carboxylic acids is 1. The largest absolute Gasteiger partial charge is 0.300 e. The zero-order valence-corrected chi connectivity index (χ0v) is 9.68. The molecule has 0 aromatic rings. The first-order valence-electron chi connectivity index (χ1n) is 4.91. The third-order valence-electron chi connectivity index (χ3n) is 2.96. The van der Waals surface area contributed by atoms with Gasteiger partial charge >= 0.3 is 0 Å². The Labute approximate surface area is 76.6 Å². The molecular weight excluding hydrogens is 164 g/mol. The van der Waals surface area contributed by atoms with E-state index in [2.05, 4.69) is 26.6 Å². The summed E-state index contributed by atoms with van der Waals surface area (Å²) < 4.78 is 0. The van der Waals surface area contributed by atoms with Gasteiger partial charge in [0.15, 0.2) is 0 Å². The molecule has 1 nitrogen and oxygen atoms in total. The van der Waals surface area contributed by atoms with E-state index in [0.717, 1.165) is 18.4 Å². The van der Waals surface area contributed by atoms with Crippen LogP contribution in [0.25, 0.3) is 0 Å². The Balaban J connectivity index is 2.62. The molecule has 0 saturated heterocycles. The maximum atomic E-state index is 11.4. The first-order valence-corrected chi connectivity index (χ1v) is 8.49. The fourth-order valence-electron chi connectivity index (χ4n) is 2.06. The van der Waals surface area contributed by atoms with Crippen molar-refractivity contribution in [3.63, 3.8) is 0 Å². The number of rotatable bonds is 1. The number of ketones is 1. The fraction of sp³-hybridized carbons (Fsp3) is 0.900. The summed E-state index contributed by atoms with van der Waals surface area (Å²) in [5.41, 5.74) is 0.744. The second-order valence-corrected chi connectivity index (χ2v) is 10.9. The van der Waals surface area contributed by atoms with E-state index < -0.39 is 8.07 Å². The van der Waals surface area contributed by atoms with Crippen molar-refractivity contribution in [3.05, 3.63) is 0 Å². The molecule has 70 valence electrons. The minimum absolute atomic E-state index is 0.501. The molecule has 0 aromatic heterocycles. The molecule has 1 aliphatic carbocycles. The molecule has 0 spiro atoms. The summed E-state index contributed by atoms with van der Waals surface area (Å²) in [6.07, 6.45) is 3.00. The zero-order valence-electron chi connectivity index (χ0n) is 8.68. The molecule has 12 heavy (non-hydrogen) atoms. The number of carbonyl (C=O) groups is 1. The maximum Gasteiger partial charge on any atom is 0.133 e. The zero-order chi connectivity index (χ0) is 9.35. The van der Waals surface area contributed by atoms with Crippen molar-refractivity contribution in [2.75, 3.05) is 0 Å². The monoisotopic (exact) mass is 184 g/mol. The summed E-state index contributed by atoms with van der Waals surface area (Å²) in [7, 11) is -1.06. The average molecular weight is 184 g/mol. The first kappa shape index (κ1) is 9.97. The molecule has 0 N–H and O–H groups in total. The second-order valence-electron chi connectivity index (χ2n) is 5.35. The summed E-state index contributed by atoms with van der Waals surface area (Å²) in [6, 6.07) is 0. The smallest absolute Gasteiger partial charge is 0.133 e. The molecule has 0 amide bonds. The first-order chi connectivity index (χ1) is 5.39. The fourth-order valence-corrected chi connectivity index (χ4v) is 4.01. The van der Waals surface area contributed by atoms with Crippen LogP contribution in [0.3, 0.4) is 0 Å². The second kappa shape index (κ2) is 3.33. The van der Waals surface area contributed by atoms with Crippen LogP contribution >= 0.6 is 0 Å². The molecule has 2 heteroatoms. The van der Waals surface area contributed by atoms with Crippen molar-refractivity contribution in [2.24, 2.45) is 5.92 Å². The molecule has 0 unspecified atom stereocenters. The lowest BCUT2D eigenvalue weighted by Gasteiger charge is -2.34.